The summed E-state index contributed by atoms with van der Waals surface area (Å²) in [5.74, 6) is -0.0487. The average Bonchev–Trinajstić information content (AvgIpc) is 1.83. The molecule has 0 aromatic heterocycles. The van der Waals surface area contributed by atoms with Crippen molar-refractivity contribution in [1.29, 1.82) is 5.26 Å². The Morgan fingerprint density at radius 2 is 2.22 bits per heavy atom. The molecule has 0 N–H and O–H groups in total. The molecular weight excluding hydrogens is 112 g/mol. The predicted molar refractivity (Wildman–Crippen MR) is 37.6 cm³/mol. The Morgan fingerprint density at radius 3 is 2.56 bits per heavy atom. The molecule has 1 atom stereocenters. The predicted octanol–water partition coefficient (Wildman–Crippen LogP) is 0.912. The van der Waals surface area contributed by atoms with Crippen molar-refractivity contribution in [2.75, 3.05) is 20.6 Å². The first-order chi connectivity index (χ1) is 4.16. The van der Waals surface area contributed by atoms with Crippen LogP contribution in [0.2, 0.25) is 0 Å². The summed E-state index contributed by atoms with van der Waals surface area (Å²) in [5, 5.41) is 8.32. The second-order valence-corrected chi connectivity index (χ2v) is 2.42. The van der Waals surface area contributed by atoms with E-state index in [-0.39, 0.29) is 5.92 Å². The van der Waals surface area contributed by atoms with Crippen LogP contribution in [0.15, 0.2) is 0 Å². The topological polar surface area (TPSA) is 27.0 Å². The monoisotopic (exact) mass is 125 g/mol. The Morgan fingerprint density at radius 1 is 1.67 bits per heavy atom. The second kappa shape index (κ2) is 4.34. The lowest BCUT2D eigenvalue weighted by Crippen LogP contribution is -2.14. The quantitative estimate of drug-likeness (QED) is 0.560. The summed E-state index contributed by atoms with van der Waals surface area (Å²) < 4.78 is 0. The zero-order valence-corrected chi connectivity index (χ0v) is 6.09. The summed E-state index contributed by atoms with van der Waals surface area (Å²) in [4.78, 5) is 2.05. The average molecular weight is 125 g/mol. The molecule has 1 radical (unpaired) electrons. The molecule has 0 aromatic carbocycles. The highest BCUT2D eigenvalue weighted by Gasteiger charge is 1.98. The number of nitriles is 1. The fourth-order valence-electron chi connectivity index (χ4n) is 0.479. The van der Waals surface area contributed by atoms with Gasteiger partial charge in [-0.2, -0.15) is 5.26 Å². The molecule has 1 unspecified atom stereocenters. The first-order valence-corrected chi connectivity index (χ1v) is 3.04. The molecular formula is C7H13N2. The van der Waals surface area contributed by atoms with E-state index in [1.165, 1.54) is 0 Å². The molecule has 0 rings (SSSR count). The van der Waals surface area contributed by atoms with Crippen LogP contribution in [0.25, 0.3) is 0 Å². The van der Waals surface area contributed by atoms with Crippen molar-refractivity contribution in [3.05, 3.63) is 6.92 Å². The van der Waals surface area contributed by atoms with E-state index >= 15 is 0 Å². The van der Waals surface area contributed by atoms with Crippen LogP contribution < -0.4 is 0 Å². The van der Waals surface area contributed by atoms with Gasteiger partial charge in [0.1, 0.15) is 0 Å². The summed E-state index contributed by atoms with van der Waals surface area (Å²) in [6, 6.07) is 2.08. The Balaban J connectivity index is 3.19. The number of hydrogen-bond acceptors (Lipinski definition) is 2. The normalized spacial score (nSPS) is 13.2. The molecule has 0 aliphatic heterocycles. The number of nitrogens with zero attached hydrogens (tertiary/aromatic N) is 2. The van der Waals surface area contributed by atoms with E-state index in [2.05, 4.69) is 17.9 Å². The third-order valence-electron chi connectivity index (χ3n) is 1.11. The van der Waals surface area contributed by atoms with E-state index in [1.807, 2.05) is 14.1 Å². The van der Waals surface area contributed by atoms with E-state index in [0.29, 0.717) is 0 Å². The number of hydrogen-bond donors (Lipinski definition) is 0. The first kappa shape index (κ1) is 8.45. The van der Waals surface area contributed by atoms with Gasteiger partial charge in [-0.3, -0.25) is 0 Å². The smallest absolute Gasteiger partial charge is 0.0656 e. The summed E-state index contributed by atoms with van der Waals surface area (Å²) >= 11 is 0. The molecule has 0 aromatic rings. The fourth-order valence-corrected chi connectivity index (χ4v) is 0.479. The molecule has 0 heterocycles. The summed E-state index contributed by atoms with van der Waals surface area (Å²) in [6.45, 7) is 4.59. The Hall–Kier alpha value is -0.550. The highest BCUT2D eigenvalue weighted by Crippen LogP contribution is 1.97. The number of rotatable bonds is 3. The van der Waals surface area contributed by atoms with Crippen LogP contribution in [0.1, 0.15) is 6.42 Å². The highest BCUT2D eigenvalue weighted by atomic mass is 15.0. The molecule has 51 valence electrons. The van der Waals surface area contributed by atoms with Crippen molar-refractivity contribution in [3.8, 4) is 6.07 Å². The molecule has 0 aliphatic rings. The van der Waals surface area contributed by atoms with Crippen molar-refractivity contribution in [2.45, 2.75) is 6.42 Å². The van der Waals surface area contributed by atoms with Crippen molar-refractivity contribution in [2.24, 2.45) is 5.92 Å². The van der Waals surface area contributed by atoms with E-state index < -0.39 is 0 Å². The third-order valence-corrected chi connectivity index (χ3v) is 1.11. The van der Waals surface area contributed by atoms with Crippen molar-refractivity contribution >= 4 is 0 Å². The van der Waals surface area contributed by atoms with Gasteiger partial charge in [-0.1, -0.05) is 0 Å². The van der Waals surface area contributed by atoms with Gasteiger partial charge in [-0.25, -0.2) is 0 Å². The van der Waals surface area contributed by atoms with Gasteiger partial charge in [0.25, 0.3) is 0 Å². The van der Waals surface area contributed by atoms with Crippen molar-refractivity contribution in [3.63, 3.8) is 0 Å². The van der Waals surface area contributed by atoms with Crippen LogP contribution in [-0.4, -0.2) is 25.5 Å². The molecule has 0 aliphatic carbocycles. The summed E-state index contributed by atoms with van der Waals surface area (Å²) in [5.41, 5.74) is 0. The molecule has 0 saturated heterocycles. The van der Waals surface area contributed by atoms with Gasteiger partial charge in [-0.15, -0.1) is 0 Å². The van der Waals surface area contributed by atoms with Crippen LogP contribution >= 0.6 is 0 Å². The molecule has 0 saturated carbocycles. The summed E-state index contributed by atoms with van der Waals surface area (Å²) in [6.07, 6.45) is 0.865. The van der Waals surface area contributed by atoms with Gasteiger partial charge in [0, 0.05) is 5.92 Å². The fraction of sp³-hybridized carbons (Fsp3) is 0.714. The Bertz CT molecular complexity index is 102. The zero-order chi connectivity index (χ0) is 7.28. The van der Waals surface area contributed by atoms with Crippen LogP contribution in [-0.2, 0) is 0 Å². The maximum absolute atomic E-state index is 8.32. The molecule has 9 heavy (non-hydrogen) atoms. The molecule has 0 amide bonds. The standard InChI is InChI=1S/C7H13N2/c1-7(6-8)4-5-9(2)3/h7H,1,4-5H2,2-3H3. The van der Waals surface area contributed by atoms with E-state index in [1.54, 1.807) is 0 Å². The maximum atomic E-state index is 8.32. The SMILES string of the molecule is [CH2]C(C#N)CCN(C)C. The van der Waals surface area contributed by atoms with Crippen LogP contribution in [0.5, 0.6) is 0 Å². The van der Waals surface area contributed by atoms with E-state index in [0.717, 1.165) is 13.0 Å². The van der Waals surface area contributed by atoms with E-state index in [9.17, 15) is 0 Å². The zero-order valence-electron chi connectivity index (χ0n) is 6.09. The lowest BCUT2D eigenvalue weighted by Gasteiger charge is -2.08. The van der Waals surface area contributed by atoms with Crippen LogP contribution in [0, 0.1) is 24.2 Å². The van der Waals surface area contributed by atoms with Gasteiger partial charge in [0.15, 0.2) is 0 Å². The van der Waals surface area contributed by atoms with Gasteiger partial charge < -0.3 is 4.90 Å². The minimum atomic E-state index is -0.0487. The molecule has 0 fully saturated rings. The third kappa shape index (κ3) is 5.32. The van der Waals surface area contributed by atoms with Gasteiger partial charge >= 0.3 is 0 Å². The minimum absolute atomic E-state index is 0.0487. The van der Waals surface area contributed by atoms with Crippen LogP contribution in [0.4, 0.5) is 0 Å². The minimum Gasteiger partial charge on any atom is -0.309 e. The van der Waals surface area contributed by atoms with E-state index in [4.69, 9.17) is 5.26 Å². The Labute approximate surface area is 57.1 Å². The highest BCUT2D eigenvalue weighted by molar-refractivity contribution is 4.84. The van der Waals surface area contributed by atoms with Crippen molar-refractivity contribution < 1.29 is 0 Å². The van der Waals surface area contributed by atoms with Gasteiger partial charge in [-0.05, 0) is 34.0 Å². The molecule has 2 heteroatoms. The summed E-state index contributed by atoms with van der Waals surface area (Å²) in [7, 11) is 3.98. The largest absolute Gasteiger partial charge is 0.309 e. The molecule has 0 spiro atoms. The second-order valence-electron chi connectivity index (χ2n) is 2.42. The van der Waals surface area contributed by atoms with Gasteiger partial charge in [0.2, 0.25) is 0 Å². The first-order valence-electron chi connectivity index (χ1n) is 3.04. The lowest BCUT2D eigenvalue weighted by atomic mass is 10.1. The molecule has 0 bridgehead atoms. The molecule has 2 nitrogen and oxygen atoms in total. The maximum Gasteiger partial charge on any atom is 0.0656 e. The van der Waals surface area contributed by atoms with Crippen molar-refractivity contribution in [1.82, 2.24) is 4.90 Å². The lowest BCUT2D eigenvalue weighted by molar-refractivity contribution is 0.388. The Kier molecular flexibility index (Phi) is 4.08. The van der Waals surface area contributed by atoms with Crippen LogP contribution in [0.3, 0.4) is 0 Å². The van der Waals surface area contributed by atoms with Gasteiger partial charge in [0.05, 0.1) is 6.07 Å².